The predicted octanol–water partition coefficient (Wildman–Crippen LogP) is 4.54. The van der Waals surface area contributed by atoms with E-state index in [1.54, 1.807) is 12.1 Å². The van der Waals surface area contributed by atoms with E-state index in [0.29, 0.717) is 9.50 Å². The zero-order valence-corrected chi connectivity index (χ0v) is 15.0. The highest BCUT2D eigenvalue weighted by atomic mass is 79.9. The number of benzene rings is 2. The molecule has 0 radical (unpaired) electrons. The van der Waals surface area contributed by atoms with E-state index in [0.717, 1.165) is 4.47 Å². The van der Waals surface area contributed by atoms with Crippen LogP contribution in [-0.4, -0.2) is 8.42 Å². The molecule has 2 aromatic carbocycles. The SMILES string of the molecule is N#Cc1ccc(Cl)cc1NS(=O)(=O)c1ccc(Br)cc1Br. The first-order chi connectivity index (χ1) is 9.83. The molecular formula is C13H7Br2ClN2O2S. The minimum Gasteiger partial charge on any atom is -0.278 e. The van der Waals surface area contributed by atoms with Gasteiger partial charge in [-0.25, -0.2) is 8.42 Å². The molecule has 0 aliphatic heterocycles. The van der Waals surface area contributed by atoms with Crippen LogP contribution in [0.4, 0.5) is 5.69 Å². The number of nitriles is 1. The van der Waals surface area contributed by atoms with Crippen molar-refractivity contribution in [2.75, 3.05) is 4.72 Å². The van der Waals surface area contributed by atoms with Gasteiger partial charge in [-0.3, -0.25) is 4.72 Å². The Hall–Kier alpha value is -1.07. The molecule has 0 atom stereocenters. The third-order valence-corrected chi connectivity index (χ3v) is 5.60. The summed E-state index contributed by atoms with van der Waals surface area (Å²) in [6.45, 7) is 0. The van der Waals surface area contributed by atoms with Gasteiger partial charge in [0.2, 0.25) is 0 Å². The molecule has 2 rings (SSSR count). The van der Waals surface area contributed by atoms with Crippen molar-refractivity contribution in [3.8, 4) is 6.07 Å². The van der Waals surface area contributed by atoms with Crippen LogP contribution in [0.1, 0.15) is 5.56 Å². The molecule has 0 bridgehead atoms. The molecule has 0 aromatic heterocycles. The lowest BCUT2D eigenvalue weighted by molar-refractivity contribution is 0.600. The molecule has 0 heterocycles. The van der Waals surface area contributed by atoms with Crippen molar-refractivity contribution in [2.24, 2.45) is 0 Å². The number of halogens is 3. The Kier molecular flexibility index (Phi) is 4.94. The topological polar surface area (TPSA) is 70.0 Å². The molecule has 0 aliphatic carbocycles. The Balaban J connectivity index is 2.47. The van der Waals surface area contributed by atoms with Gasteiger partial charge < -0.3 is 0 Å². The summed E-state index contributed by atoms with van der Waals surface area (Å²) in [5.41, 5.74) is 0.330. The van der Waals surface area contributed by atoms with Gasteiger partial charge in [-0.15, -0.1) is 0 Å². The van der Waals surface area contributed by atoms with E-state index >= 15 is 0 Å². The molecule has 0 amide bonds. The van der Waals surface area contributed by atoms with Crippen molar-refractivity contribution in [3.05, 3.63) is 55.9 Å². The van der Waals surface area contributed by atoms with Crippen molar-refractivity contribution < 1.29 is 8.42 Å². The average Bonchev–Trinajstić information content (AvgIpc) is 2.37. The summed E-state index contributed by atoms with van der Waals surface area (Å²) in [7, 11) is -3.84. The van der Waals surface area contributed by atoms with Gasteiger partial charge in [0.25, 0.3) is 10.0 Å². The highest BCUT2D eigenvalue weighted by Gasteiger charge is 2.19. The van der Waals surface area contributed by atoms with E-state index < -0.39 is 10.0 Å². The summed E-state index contributed by atoms with van der Waals surface area (Å²) in [5, 5.41) is 9.36. The first-order valence-electron chi connectivity index (χ1n) is 5.51. The molecule has 0 saturated carbocycles. The van der Waals surface area contributed by atoms with Crippen LogP contribution in [0, 0.1) is 11.3 Å². The fourth-order valence-corrected chi connectivity index (χ4v) is 4.58. The summed E-state index contributed by atoms with van der Waals surface area (Å²) in [6, 6.07) is 11.0. The van der Waals surface area contributed by atoms with E-state index in [-0.39, 0.29) is 16.1 Å². The fourth-order valence-electron chi connectivity index (χ4n) is 1.59. The fraction of sp³-hybridized carbons (Fsp3) is 0. The number of nitrogens with zero attached hydrogens (tertiary/aromatic N) is 1. The van der Waals surface area contributed by atoms with Gasteiger partial charge >= 0.3 is 0 Å². The highest BCUT2D eigenvalue weighted by molar-refractivity contribution is 9.11. The number of rotatable bonds is 3. The maximum Gasteiger partial charge on any atom is 0.263 e. The van der Waals surface area contributed by atoms with Gasteiger partial charge in [0.1, 0.15) is 11.0 Å². The second-order valence-electron chi connectivity index (χ2n) is 3.98. The first kappa shape index (κ1) is 16.3. The standard InChI is InChI=1S/C13H7Br2ClN2O2S/c14-9-2-4-13(11(15)5-9)21(19,20)18-12-6-10(16)3-1-8(12)7-17/h1-6,18H. The van der Waals surface area contributed by atoms with Crippen molar-refractivity contribution in [3.63, 3.8) is 0 Å². The number of hydrogen-bond donors (Lipinski definition) is 1. The van der Waals surface area contributed by atoms with Crippen LogP contribution >= 0.6 is 43.5 Å². The van der Waals surface area contributed by atoms with Gasteiger partial charge in [0.05, 0.1) is 11.3 Å². The Bertz CT molecular complexity index is 848. The zero-order chi connectivity index (χ0) is 15.6. The monoisotopic (exact) mass is 448 g/mol. The zero-order valence-electron chi connectivity index (χ0n) is 10.3. The average molecular weight is 451 g/mol. The van der Waals surface area contributed by atoms with Gasteiger partial charge in [0.15, 0.2) is 0 Å². The Morgan fingerprint density at radius 2 is 1.86 bits per heavy atom. The van der Waals surface area contributed by atoms with Crippen LogP contribution < -0.4 is 4.72 Å². The lowest BCUT2D eigenvalue weighted by atomic mass is 10.2. The van der Waals surface area contributed by atoms with Gasteiger partial charge in [-0.05, 0) is 52.3 Å². The normalized spacial score (nSPS) is 11.0. The maximum absolute atomic E-state index is 12.4. The molecule has 0 saturated heterocycles. The molecule has 8 heteroatoms. The highest BCUT2D eigenvalue weighted by Crippen LogP contribution is 2.29. The van der Waals surface area contributed by atoms with Crippen molar-refractivity contribution >= 4 is 59.2 Å². The van der Waals surface area contributed by atoms with E-state index in [1.165, 1.54) is 24.3 Å². The third-order valence-electron chi connectivity index (χ3n) is 2.53. The number of hydrogen-bond acceptors (Lipinski definition) is 3. The van der Waals surface area contributed by atoms with Crippen LogP contribution in [0.15, 0.2) is 50.2 Å². The first-order valence-corrected chi connectivity index (χ1v) is 8.96. The van der Waals surface area contributed by atoms with Gasteiger partial charge in [-0.2, -0.15) is 5.26 Å². The van der Waals surface area contributed by atoms with Crippen LogP contribution in [0.2, 0.25) is 5.02 Å². The summed E-state index contributed by atoms with van der Waals surface area (Å²) in [6.07, 6.45) is 0. The van der Waals surface area contributed by atoms with E-state index in [1.807, 2.05) is 6.07 Å². The second kappa shape index (κ2) is 6.36. The molecule has 0 fully saturated rings. The Morgan fingerprint density at radius 3 is 2.48 bits per heavy atom. The van der Waals surface area contributed by atoms with E-state index in [2.05, 4.69) is 36.6 Å². The summed E-state index contributed by atoms with van der Waals surface area (Å²) in [5.74, 6) is 0. The lowest BCUT2D eigenvalue weighted by Crippen LogP contribution is -2.14. The van der Waals surface area contributed by atoms with Crippen molar-refractivity contribution in [1.82, 2.24) is 0 Å². The van der Waals surface area contributed by atoms with Gasteiger partial charge in [-0.1, -0.05) is 27.5 Å². The summed E-state index contributed by atoms with van der Waals surface area (Å²) in [4.78, 5) is 0.0644. The number of anilines is 1. The predicted molar refractivity (Wildman–Crippen MR) is 88.8 cm³/mol. The van der Waals surface area contributed by atoms with Gasteiger partial charge in [0, 0.05) is 14.0 Å². The summed E-state index contributed by atoms with van der Waals surface area (Å²) >= 11 is 12.3. The largest absolute Gasteiger partial charge is 0.278 e. The molecule has 1 N–H and O–H groups in total. The van der Waals surface area contributed by atoms with Crippen LogP contribution in [0.25, 0.3) is 0 Å². The van der Waals surface area contributed by atoms with Crippen LogP contribution in [-0.2, 0) is 10.0 Å². The molecule has 0 unspecified atom stereocenters. The second-order valence-corrected chi connectivity index (χ2v) is 7.84. The maximum atomic E-state index is 12.4. The van der Waals surface area contributed by atoms with Crippen LogP contribution in [0.3, 0.4) is 0 Å². The summed E-state index contributed by atoms with van der Waals surface area (Å²) < 4.78 is 28.3. The minimum atomic E-state index is -3.84. The lowest BCUT2D eigenvalue weighted by Gasteiger charge is -2.11. The third kappa shape index (κ3) is 3.77. The number of nitrogens with one attached hydrogen (secondary N) is 1. The van der Waals surface area contributed by atoms with E-state index in [4.69, 9.17) is 16.9 Å². The Labute approximate surface area is 144 Å². The number of sulfonamides is 1. The van der Waals surface area contributed by atoms with E-state index in [9.17, 15) is 8.42 Å². The molecule has 2 aromatic rings. The smallest absolute Gasteiger partial charge is 0.263 e. The minimum absolute atomic E-state index is 0.0644. The van der Waals surface area contributed by atoms with Crippen molar-refractivity contribution in [2.45, 2.75) is 4.90 Å². The molecule has 21 heavy (non-hydrogen) atoms. The molecule has 108 valence electrons. The molecule has 0 spiro atoms. The van der Waals surface area contributed by atoms with Crippen molar-refractivity contribution in [1.29, 1.82) is 5.26 Å². The molecule has 4 nitrogen and oxygen atoms in total. The Morgan fingerprint density at radius 1 is 1.14 bits per heavy atom. The van der Waals surface area contributed by atoms with Crippen LogP contribution in [0.5, 0.6) is 0 Å². The molecule has 0 aliphatic rings. The molecular weight excluding hydrogens is 443 g/mol. The quantitative estimate of drug-likeness (QED) is 0.747.